The van der Waals surface area contributed by atoms with Gasteiger partial charge in [-0.15, -0.1) is 0 Å². The molecular formula is C17H23F2NO4. The third kappa shape index (κ3) is 5.72. The first-order chi connectivity index (χ1) is 11.5. The zero-order chi connectivity index (χ0) is 17.5. The molecular weight excluding hydrogens is 320 g/mol. The van der Waals surface area contributed by atoms with Gasteiger partial charge < -0.3 is 19.5 Å². The summed E-state index contributed by atoms with van der Waals surface area (Å²) >= 11 is 0. The number of amides is 1. The highest BCUT2D eigenvalue weighted by molar-refractivity contribution is 5.80. The fourth-order valence-corrected chi connectivity index (χ4v) is 2.46. The van der Waals surface area contributed by atoms with Crippen LogP contribution in [0.4, 0.5) is 8.78 Å². The van der Waals surface area contributed by atoms with Gasteiger partial charge >= 0.3 is 6.61 Å². The number of rotatable bonds is 8. The van der Waals surface area contributed by atoms with Crippen molar-refractivity contribution in [1.82, 2.24) is 5.32 Å². The lowest BCUT2D eigenvalue weighted by Gasteiger charge is -2.20. The van der Waals surface area contributed by atoms with Crippen LogP contribution < -0.4 is 10.1 Å². The SMILES string of the molecule is C[C@H](OC[C@H]1CCCO1)C(=O)N[C@@H](C)c1ccc(OC(F)F)cc1. The fraction of sp³-hybridized carbons (Fsp3) is 0.588. The Balaban J connectivity index is 1.79. The maximum Gasteiger partial charge on any atom is 0.387 e. The number of nitrogens with one attached hydrogen (secondary N) is 1. The van der Waals surface area contributed by atoms with Gasteiger partial charge in [-0.3, -0.25) is 4.79 Å². The molecule has 0 bridgehead atoms. The zero-order valence-corrected chi connectivity index (χ0v) is 13.8. The smallest absolute Gasteiger partial charge is 0.387 e. The second-order valence-corrected chi connectivity index (χ2v) is 5.79. The molecule has 0 radical (unpaired) electrons. The summed E-state index contributed by atoms with van der Waals surface area (Å²) in [4.78, 5) is 12.1. The van der Waals surface area contributed by atoms with Crippen LogP contribution in [0.1, 0.15) is 38.3 Å². The van der Waals surface area contributed by atoms with Gasteiger partial charge in [-0.1, -0.05) is 12.1 Å². The quantitative estimate of drug-likeness (QED) is 0.788. The number of alkyl halides is 2. The summed E-state index contributed by atoms with van der Waals surface area (Å²) < 4.78 is 39.5. The van der Waals surface area contributed by atoms with E-state index in [1.807, 2.05) is 6.92 Å². The highest BCUT2D eigenvalue weighted by Crippen LogP contribution is 2.19. The number of ether oxygens (including phenoxy) is 3. The Kier molecular flexibility index (Phi) is 6.93. The van der Waals surface area contributed by atoms with Crippen LogP contribution >= 0.6 is 0 Å². The molecule has 1 aliphatic rings. The monoisotopic (exact) mass is 343 g/mol. The van der Waals surface area contributed by atoms with Crippen LogP contribution in [-0.2, 0) is 14.3 Å². The van der Waals surface area contributed by atoms with Crippen molar-refractivity contribution in [1.29, 1.82) is 0 Å². The maximum absolute atomic E-state index is 12.1. The van der Waals surface area contributed by atoms with Crippen LogP contribution in [-0.4, -0.2) is 37.9 Å². The second kappa shape index (κ2) is 8.94. The summed E-state index contributed by atoms with van der Waals surface area (Å²) in [5.41, 5.74) is 0.788. The van der Waals surface area contributed by atoms with Crippen molar-refractivity contribution in [2.24, 2.45) is 0 Å². The number of carbonyl (C=O) groups is 1. The molecule has 0 unspecified atom stereocenters. The molecule has 1 aliphatic heterocycles. The Bertz CT molecular complexity index is 518. The van der Waals surface area contributed by atoms with E-state index in [9.17, 15) is 13.6 Å². The van der Waals surface area contributed by atoms with Crippen LogP contribution in [0.15, 0.2) is 24.3 Å². The van der Waals surface area contributed by atoms with Gasteiger partial charge in [-0.25, -0.2) is 0 Å². The lowest BCUT2D eigenvalue weighted by atomic mass is 10.1. The van der Waals surface area contributed by atoms with E-state index < -0.39 is 12.7 Å². The Morgan fingerprint density at radius 1 is 1.33 bits per heavy atom. The average Bonchev–Trinajstić information content (AvgIpc) is 3.06. The van der Waals surface area contributed by atoms with Gasteiger partial charge in [-0.05, 0) is 44.4 Å². The molecule has 0 aromatic heterocycles. The molecule has 1 aromatic carbocycles. The number of halogens is 2. The summed E-state index contributed by atoms with van der Waals surface area (Å²) in [6, 6.07) is 5.90. The first-order valence-corrected chi connectivity index (χ1v) is 8.04. The normalized spacial score (nSPS) is 20.0. The molecule has 3 atom stereocenters. The van der Waals surface area contributed by atoms with Gasteiger partial charge in [0.1, 0.15) is 11.9 Å². The largest absolute Gasteiger partial charge is 0.435 e. The maximum atomic E-state index is 12.1. The van der Waals surface area contributed by atoms with Gasteiger partial charge in [-0.2, -0.15) is 8.78 Å². The number of hydrogen-bond acceptors (Lipinski definition) is 4. The molecule has 24 heavy (non-hydrogen) atoms. The second-order valence-electron chi connectivity index (χ2n) is 5.79. The molecule has 1 saturated heterocycles. The van der Waals surface area contributed by atoms with Gasteiger partial charge in [0.15, 0.2) is 0 Å². The molecule has 1 fully saturated rings. The predicted molar refractivity (Wildman–Crippen MR) is 84.0 cm³/mol. The summed E-state index contributed by atoms with van der Waals surface area (Å²) in [5.74, 6) is -0.144. The fourth-order valence-electron chi connectivity index (χ4n) is 2.46. The summed E-state index contributed by atoms with van der Waals surface area (Å²) in [6.07, 6.45) is 1.47. The Morgan fingerprint density at radius 3 is 2.62 bits per heavy atom. The van der Waals surface area contributed by atoms with Crippen molar-refractivity contribution in [3.8, 4) is 5.75 Å². The third-order valence-electron chi connectivity index (χ3n) is 3.89. The van der Waals surface area contributed by atoms with Crippen molar-refractivity contribution < 1.29 is 27.8 Å². The first-order valence-electron chi connectivity index (χ1n) is 8.04. The first kappa shape index (κ1) is 18.6. The topological polar surface area (TPSA) is 56.8 Å². The van der Waals surface area contributed by atoms with E-state index in [4.69, 9.17) is 9.47 Å². The standard InChI is InChI=1S/C17H23F2NO4/c1-11(13-5-7-14(8-6-13)24-17(18)19)20-16(21)12(2)23-10-15-4-3-9-22-15/h5-8,11-12,15,17H,3-4,9-10H2,1-2H3,(H,20,21)/t11-,12-,15+/m0/s1. The lowest BCUT2D eigenvalue weighted by Crippen LogP contribution is -2.37. The van der Waals surface area contributed by atoms with E-state index in [1.54, 1.807) is 19.1 Å². The number of hydrogen-bond donors (Lipinski definition) is 1. The van der Waals surface area contributed by atoms with Crippen LogP contribution in [0.5, 0.6) is 5.75 Å². The van der Waals surface area contributed by atoms with Gasteiger partial charge in [0, 0.05) is 6.61 Å². The van der Waals surface area contributed by atoms with Crippen LogP contribution in [0, 0.1) is 0 Å². The molecule has 134 valence electrons. The van der Waals surface area contributed by atoms with Crippen molar-refractivity contribution in [2.45, 2.75) is 51.6 Å². The van der Waals surface area contributed by atoms with Crippen molar-refractivity contribution in [3.63, 3.8) is 0 Å². The van der Waals surface area contributed by atoms with Gasteiger partial charge in [0.25, 0.3) is 0 Å². The lowest BCUT2D eigenvalue weighted by molar-refractivity contribution is -0.134. The molecule has 7 heteroatoms. The van der Waals surface area contributed by atoms with Crippen LogP contribution in [0.25, 0.3) is 0 Å². The number of carbonyl (C=O) groups excluding carboxylic acids is 1. The van der Waals surface area contributed by atoms with E-state index in [0.717, 1.165) is 25.0 Å². The minimum Gasteiger partial charge on any atom is -0.435 e. The van der Waals surface area contributed by atoms with Crippen LogP contribution in [0.2, 0.25) is 0 Å². The van der Waals surface area contributed by atoms with Gasteiger partial charge in [0.2, 0.25) is 5.91 Å². The molecule has 0 spiro atoms. The molecule has 1 aromatic rings. The minimum absolute atomic E-state index is 0.0695. The summed E-state index contributed by atoms with van der Waals surface area (Å²) in [7, 11) is 0. The molecule has 1 N–H and O–H groups in total. The molecule has 0 aliphatic carbocycles. The van der Waals surface area contributed by atoms with E-state index >= 15 is 0 Å². The molecule has 1 amide bonds. The molecule has 0 saturated carbocycles. The van der Waals surface area contributed by atoms with Crippen molar-refractivity contribution >= 4 is 5.91 Å². The molecule has 1 heterocycles. The number of benzene rings is 1. The van der Waals surface area contributed by atoms with E-state index in [-0.39, 0.29) is 23.8 Å². The van der Waals surface area contributed by atoms with Crippen LogP contribution in [0.3, 0.4) is 0 Å². The Morgan fingerprint density at radius 2 is 2.04 bits per heavy atom. The Hall–Kier alpha value is -1.73. The summed E-state index contributed by atoms with van der Waals surface area (Å²) in [5, 5.41) is 2.84. The predicted octanol–water partition coefficient (Wildman–Crippen LogP) is 3.05. The van der Waals surface area contributed by atoms with Gasteiger partial charge in [0.05, 0.1) is 18.8 Å². The highest BCUT2D eigenvalue weighted by Gasteiger charge is 2.21. The zero-order valence-electron chi connectivity index (χ0n) is 13.8. The summed E-state index contributed by atoms with van der Waals surface area (Å²) in [6.45, 7) is 1.80. The van der Waals surface area contributed by atoms with Crippen molar-refractivity contribution in [3.05, 3.63) is 29.8 Å². The van der Waals surface area contributed by atoms with E-state index in [2.05, 4.69) is 10.1 Å². The average molecular weight is 343 g/mol. The van der Waals surface area contributed by atoms with E-state index in [1.165, 1.54) is 12.1 Å². The Labute approximate surface area is 140 Å². The molecule has 5 nitrogen and oxygen atoms in total. The molecule has 2 rings (SSSR count). The minimum atomic E-state index is -2.85. The van der Waals surface area contributed by atoms with Crippen molar-refractivity contribution in [2.75, 3.05) is 13.2 Å². The third-order valence-corrected chi connectivity index (χ3v) is 3.89. The highest BCUT2D eigenvalue weighted by atomic mass is 19.3. The van der Waals surface area contributed by atoms with E-state index in [0.29, 0.717) is 6.61 Å².